The van der Waals surface area contributed by atoms with E-state index in [9.17, 15) is 18.3 Å². The zero-order valence-corrected chi connectivity index (χ0v) is 14.0. The van der Waals surface area contributed by atoms with Gasteiger partial charge in [-0.2, -0.15) is 5.10 Å². The van der Waals surface area contributed by atoms with Crippen molar-refractivity contribution in [3.8, 4) is 0 Å². The normalized spacial score (nSPS) is 15.0. The highest BCUT2D eigenvalue weighted by Gasteiger charge is 2.43. The first kappa shape index (κ1) is 16.0. The number of aryl methyl sites for hydroxylation is 1. The van der Waals surface area contributed by atoms with E-state index in [4.69, 9.17) is 0 Å². The maximum absolute atomic E-state index is 11.7. The Labute approximate surface area is 130 Å². The number of nitrogens with zero attached hydrogens (tertiary/aromatic N) is 2. The van der Waals surface area contributed by atoms with E-state index in [0.717, 1.165) is 21.6 Å². The van der Waals surface area contributed by atoms with Gasteiger partial charge in [-0.05, 0) is 31.5 Å². The highest BCUT2D eigenvalue weighted by atomic mass is 79.9. The Morgan fingerprint density at radius 2 is 2.14 bits per heavy atom. The number of hydrogen-bond donors (Lipinski definition) is 1. The summed E-state index contributed by atoms with van der Waals surface area (Å²) in [7, 11) is -3.72. The summed E-state index contributed by atoms with van der Waals surface area (Å²) >= 11 is 3.36. The minimum atomic E-state index is -3.72. The Kier molecular flexibility index (Phi) is 4.12. The highest BCUT2D eigenvalue weighted by Crippen LogP contribution is 2.23. The lowest BCUT2D eigenvalue weighted by molar-refractivity contribution is -0.139. The molecule has 0 aliphatic carbocycles. The average molecular weight is 375 g/mol. The number of aromatic nitrogens is 2. The summed E-state index contributed by atoms with van der Waals surface area (Å²) in [6, 6.07) is 5.59. The van der Waals surface area contributed by atoms with Gasteiger partial charge in [0, 0.05) is 28.9 Å². The topological polar surface area (TPSA) is 89.3 Å². The minimum absolute atomic E-state index is 0.0453. The van der Waals surface area contributed by atoms with Gasteiger partial charge >= 0.3 is 5.97 Å². The van der Waals surface area contributed by atoms with Gasteiger partial charge in [0.05, 0.1) is 5.52 Å². The van der Waals surface area contributed by atoms with Crippen LogP contribution in [-0.2, 0) is 21.2 Å². The molecule has 2 rings (SSSR count). The summed E-state index contributed by atoms with van der Waals surface area (Å²) < 4.78 is 24.1. The molecule has 0 radical (unpaired) electrons. The number of carboxylic acid groups (broad SMARTS) is 1. The summed E-state index contributed by atoms with van der Waals surface area (Å²) in [5.74, 6) is -1.34. The van der Waals surface area contributed by atoms with E-state index in [2.05, 4.69) is 21.0 Å². The van der Waals surface area contributed by atoms with Crippen molar-refractivity contribution in [2.24, 2.45) is 0 Å². The Morgan fingerprint density at radius 3 is 2.71 bits per heavy atom. The first-order valence-electron chi connectivity index (χ1n) is 6.19. The summed E-state index contributed by atoms with van der Waals surface area (Å²) in [5.41, 5.74) is 0.773. The summed E-state index contributed by atoms with van der Waals surface area (Å²) in [6.07, 6.45) is 2.67. The fourth-order valence-corrected chi connectivity index (χ4v) is 3.10. The molecule has 1 atom stereocenters. The minimum Gasteiger partial charge on any atom is -0.480 e. The van der Waals surface area contributed by atoms with Gasteiger partial charge < -0.3 is 5.11 Å². The number of sulfone groups is 1. The molecule has 0 saturated heterocycles. The molecule has 1 aromatic heterocycles. The summed E-state index contributed by atoms with van der Waals surface area (Å²) in [4.78, 5) is 11.3. The summed E-state index contributed by atoms with van der Waals surface area (Å²) in [5, 5.41) is 14.4. The van der Waals surface area contributed by atoms with E-state index >= 15 is 0 Å². The predicted octanol–water partition coefficient (Wildman–Crippen LogP) is 2.08. The van der Waals surface area contributed by atoms with Crippen LogP contribution >= 0.6 is 15.9 Å². The van der Waals surface area contributed by atoms with Crippen molar-refractivity contribution in [3.05, 3.63) is 28.9 Å². The van der Waals surface area contributed by atoms with Crippen LogP contribution in [0.5, 0.6) is 0 Å². The number of carboxylic acids is 1. The number of fused-ring (bicyclic) bond motifs is 1. The van der Waals surface area contributed by atoms with E-state index < -0.39 is 20.6 Å². The predicted molar refractivity (Wildman–Crippen MR) is 82.9 cm³/mol. The molecule has 1 N–H and O–H groups in total. The zero-order valence-electron chi connectivity index (χ0n) is 11.6. The lowest BCUT2D eigenvalue weighted by atomic mass is 10.1. The van der Waals surface area contributed by atoms with Crippen LogP contribution in [0.3, 0.4) is 0 Å². The largest absolute Gasteiger partial charge is 0.480 e. The van der Waals surface area contributed by atoms with Gasteiger partial charge in [-0.3, -0.25) is 9.48 Å². The van der Waals surface area contributed by atoms with E-state index in [1.165, 1.54) is 6.92 Å². The zero-order chi connectivity index (χ0) is 15.8. The van der Waals surface area contributed by atoms with Crippen molar-refractivity contribution in [2.75, 3.05) is 6.26 Å². The van der Waals surface area contributed by atoms with Crippen molar-refractivity contribution >= 4 is 42.6 Å². The maximum Gasteiger partial charge on any atom is 0.324 e. The molecule has 21 heavy (non-hydrogen) atoms. The van der Waals surface area contributed by atoms with Crippen LogP contribution in [0.25, 0.3) is 10.9 Å². The molecule has 0 aliphatic rings. The molecule has 1 unspecified atom stereocenters. The Hall–Kier alpha value is -1.41. The first-order chi connectivity index (χ1) is 9.63. The second-order valence-corrected chi connectivity index (χ2v) is 8.51. The molecule has 0 fully saturated rings. The van der Waals surface area contributed by atoms with Gasteiger partial charge in [0.25, 0.3) is 0 Å². The smallest absolute Gasteiger partial charge is 0.324 e. The summed E-state index contributed by atoms with van der Waals surface area (Å²) in [6.45, 7) is 1.44. The second kappa shape index (κ2) is 5.42. The molecular formula is C13H15BrN2O4S. The van der Waals surface area contributed by atoms with Crippen LogP contribution in [-0.4, -0.2) is 40.3 Å². The second-order valence-electron chi connectivity index (χ2n) is 5.15. The van der Waals surface area contributed by atoms with Crippen LogP contribution in [0, 0.1) is 0 Å². The Balaban J connectivity index is 2.26. The van der Waals surface area contributed by atoms with Gasteiger partial charge in [-0.25, -0.2) is 8.42 Å². The van der Waals surface area contributed by atoms with Crippen LogP contribution in [0.2, 0.25) is 0 Å². The fourth-order valence-electron chi connectivity index (χ4n) is 1.94. The van der Waals surface area contributed by atoms with Crippen molar-refractivity contribution in [1.29, 1.82) is 0 Å². The molecule has 0 bridgehead atoms. The molecular weight excluding hydrogens is 360 g/mol. The number of benzene rings is 1. The molecule has 2 aromatic rings. The molecule has 0 amide bonds. The molecule has 0 aliphatic heterocycles. The Bertz CT molecular complexity index is 800. The third-order valence-electron chi connectivity index (χ3n) is 3.60. The molecule has 1 aromatic carbocycles. The molecule has 8 heteroatoms. The average Bonchev–Trinajstić information content (AvgIpc) is 2.76. The van der Waals surface area contributed by atoms with E-state index in [1.807, 2.05) is 18.2 Å². The molecule has 0 spiro atoms. The van der Waals surface area contributed by atoms with Crippen molar-refractivity contribution in [3.63, 3.8) is 0 Å². The SMILES string of the molecule is CC(CCn1cc2cc(Br)ccc2n1)(C(=O)O)S(C)(=O)=O. The van der Waals surface area contributed by atoms with Crippen LogP contribution in [0.15, 0.2) is 28.9 Å². The van der Waals surface area contributed by atoms with Gasteiger partial charge in [0.2, 0.25) is 0 Å². The highest BCUT2D eigenvalue weighted by molar-refractivity contribution is 9.10. The molecule has 1 heterocycles. The number of aliphatic carboxylic acids is 1. The van der Waals surface area contributed by atoms with E-state index in [-0.39, 0.29) is 13.0 Å². The van der Waals surface area contributed by atoms with Gasteiger partial charge in [-0.1, -0.05) is 15.9 Å². The third kappa shape index (κ3) is 3.11. The fraction of sp³-hybridized carbons (Fsp3) is 0.385. The van der Waals surface area contributed by atoms with Crippen LogP contribution < -0.4 is 0 Å². The van der Waals surface area contributed by atoms with Crippen LogP contribution in [0.1, 0.15) is 13.3 Å². The monoisotopic (exact) mass is 374 g/mol. The third-order valence-corrected chi connectivity index (χ3v) is 6.11. The standard InChI is InChI=1S/C13H15BrN2O4S/c1-13(12(17)18,21(2,19)20)5-6-16-8-9-7-10(14)3-4-11(9)15-16/h3-4,7-8H,5-6H2,1-2H3,(H,17,18). The first-order valence-corrected chi connectivity index (χ1v) is 8.88. The number of carbonyl (C=O) groups is 1. The number of hydrogen-bond acceptors (Lipinski definition) is 4. The van der Waals surface area contributed by atoms with Crippen molar-refractivity contribution in [2.45, 2.75) is 24.6 Å². The van der Waals surface area contributed by atoms with Gasteiger partial charge in [-0.15, -0.1) is 0 Å². The van der Waals surface area contributed by atoms with Gasteiger partial charge in [0.15, 0.2) is 14.6 Å². The van der Waals surface area contributed by atoms with Gasteiger partial charge in [0.1, 0.15) is 0 Å². The molecule has 6 nitrogen and oxygen atoms in total. The van der Waals surface area contributed by atoms with E-state index in [1.54, 1.807) is 10.9 Å². The quantitative estimate of drug-likeness (QED) is 0.864. The lowest BCUT2D eigenvalue weighted by Gasteiger charge is -2.22. The number of rotatable bonds is 5. The lowest BCUT2D eigenvalue weighted by Crippen LogP contribution is -2.43. The number of halogens is 1. The van der Waals surface area contributed by atoms with Crippen molar-refractivity contribution < 1.29 is 18.3 Å². The molecule has 114 valence electrons. The molecule has 0 saturated carbocycles. The Morgan fingerprint density at radius 1 is 1.48 bits per heavy atom. The van der Waals surface area contributed by atoms with E-state index in [0.29, 0.717) is 0 Å². The maximum atomic E-state index is 11.7. The van der Waals surface area contributed by atoms with Crippen LogP contribution in [0.4, 0.5) is 0 Å². The van der Waals surface area contributed by atoms with Crippen molar-refractivity contribution in [1.82, 2.24) is 9.78 Å².